The number of carbonyl (C=O) groups excluding carboxylic acids is 2. The van der Waals surface area contributed by atoms with Crippen molar-refractivity contribution in [2.75, 3.05) is 13.2 Å². The smallest absolute Gasteiger partial charge is 0.261 e. The van der Waals surface area contributed by atoms with Crippen LogP contribution in [-0.4, -0.2) is 35.9 Å². The molecule has 0 aliphatic heterocycles. The number of benzene rings is 2. The Hall–Kier alpha value is -2.05. The van der Waals surface area contributed by atoms with Gasteiger partial charge in [0.25, 0.3) is 5.91 Å². The highest BCUT2D eigenvalue weighted by Gasteiger charge is 2.29. The fourth-order valence-electron chi connectivity index (χ4n) is 3.35. The van der Waals surface area contributed by atoms with E-state index in [1.807, 2.05) is 58.9 Å². The molecule has 5 nitrogen and oxygen atoms in total. The summed E-state index contributed by atoms with van der Waals surface area (Å²) in [5, 5.41) is 3.58. The fraction of sp³-hybridized carbons (Fsp3) is 0.440. The Balaban J connectivity index is 2.22. The molecule has 1 N–H and O–H groups in total. The van der Waals surface area contributed by atoms with Gasteiger partial charge < -0.3 is 15.0 Å². The van der Waals surface area contributed by atoms with Crippen molar-refractivity contribution >= 4 is 39.3 Å². The van der Waals surface area contributed by atoms with Crippen LogP contribution in [0, 0.1) is 19.8 Å². The molecule has 0 bridgehead atoms. The van der Waals surface area contributed by atoms with Gasteiger partial charge >= 0.3 is 0 Å². The molecule has 2 aromatic carbocycles. The highest BCUT2D eigenvalue weighted by molar-refractivity contribution is 9.10. The van der Waals surface area contributed by atoms with E-state index in [-0.39, 0.29) is 18.4 Å². The molecule has 32 heavy (non-hydrogen) atoms. The highest BCUT2D eigenvalue weighted by Crippen LogP contribution is 2.26. The van der Waals surface area contributed by atoms with Gasteiger partial charge in [0.1, 0.15) is 11.8 Å². The van der Waals surface area contributed by atoms with Crippen LogP contribution in [0.25, 0.3) is 0 Å². The number of hydrogen-bond acceptors (Lipinski definition) is 3. The van der Waals surface area contributed by atoms with Crippen molar-refractivity contribution in [2.45, 2.75) is 53.6 Å². The van der Waals surface area contributed by atoms with E-state index in [1.165, 1.54) is 0 Å². The number of nitrogens with zero attached hydrogens (tertiary/aromatic N) is 1. The van der Waals surface area contributed by atoms with E-state index in [2.05, 4.69) is 21.2 Å². The summed E-state index contributed by atoms with van der Waals surface area (Å²) in [6.07, 6.45) is 0.500. The zero-order valence-electron chi connectivity index (χ0n) is 19.4. The Bertz CT molecular complexity index is 908. The van der Waals surface area contributed by atoms with E-state index in [0.29, 0.717) is 36.2 Å². The first-order valence-electron chi connectivity index (χ1n) is 10.8. The van der Waals surface area contributed by atoms with E-state index >= 15 is 0 Å². The van der Waals surface area contributed by atoms with Crippen molar-refractivity contribution < 1.29 is 14.3 Å². The molecule has 2 aromatic rings. The summed E-state index contributed by atoms with van der Waals surface area (Å²) in [5.41, 5.74) is 2.96. The van der Waals surface area contributed by atoms with Crippen molar-refractivity contribution in [2.24, 2.45) is 5.92 Å². The van der Waals surface area contributed by atoms with Crippen molar-refractivity contribution in [3.05, 3.63) is 62.6 Å². The first kappa shape index (κ1) is 26.2. The second-order valence-electron chi connectivity index (χ2n) is 8.37. The van der Waals surface area contributed by atoms with Crippen molar-refractivity contribution in [3.8, 4) is 5.75 Å². The molecule has 0 aliphatic rings. The highest BCUT2D eigenvalue weighted by atomic mass is 79.9. The summed E-state index contributed by atoms with van der Waals surface area (Å²) in [6, 6.07) is 10.5. The minimum atomic E-state index is -0.589. The minimum absolute atomic E-state index is 0.151. The maximum absolute atomic E-state index is 13.3. The summed E-state index contributed by atoms with van der Waals surface area (Å²) in [4.78, 5) is 27.7. The topological polar surface area (TPSA) is 58.6 Å². The normalized spacial score (nSPS) is 11.9. The zero-order valence-corrected chi connectivity index (χ0v) is 21.7. The van der Waals surface area contributed by atoms with E-state index < -0.39 is 6.04 Å². The van der Waals surface area contributed by atoms with Crippen molar-refractivity contribution in [1.29, 1.82) is 0 Å². The van der Waals surface area contributed by atoms with Crippen LogP contribution in [0.2, 0.25) is 5.02 Å². The molecule has 0 aromatic heterocycles. The molecule has 2 rings (SSSR count). The maximum Gasteiger partial charge on any atom is 0.261 e. The standard InChI is InChI=1S/C25H32BrClN2O3/c1-6-22(25(31)28-13-16(2)3)29(14-19-7-9-20(27)10-8-19)23(30)15-32-21-11-17(4)24(26)18(5)12-21/h7-12,16,22H,6,13-15H2,1-5H3,(H,28,31). The molecular weight excluding hydrogens is 492 g/mol. The summed E-state index contributed by atoms with van der Waals surface area (Å²) < 4.78 is 6.85. The lowest BCUT2D eigenvalue weighted by Crippen LogP contribution is -2.50. The first-order valence-corrected chi connectivity index (χ1v) is 12.0. The van der Waals surface area contributed by atoms with E-state index in [9.17, 15) is 9.59 Å². The molecule has 0 radical (unpaired) electrons. The van der Waals surface area contributed by atoms with E-state index in [0.717, 1.165) is 21.2 Å². The first-order chi connectivity index (χ1) is 15.1. The second-order valence-corrected chi connectivity index (χ2v) is 9.60. The monoisotopic (exact) mass is 522 g/mol. The molecule has 1 atom stereocenters. The maximum atomic E-state index is 13.3. The van der Waals surface area contributed by atoms with Gasteiger partial charge in [0.2, 0.25) is 5.91 Å². The summed E-state index contributed by atoms with van der Waals surface area (Å²) in [5.74, 6) is 0.549. The van der Waals surface area contributed by atoms with Gasteiger partial charge in [-0.1, -0.05) is 60.4 Å². The van der Waals surface area contributed by atoms with Crippen LogP contribution in [0.1, 0.15) is 43.9 Å². The van der Waals surface area contributed by atoms with Crippen LogP contribution in [0.15, 0.2) is 40.9 Å². The summed E-state index contributed by atoms with van der Waals surface area (Å²) in [6.45, 7) is 10.6. The molecule has 1 unspecified atom stereocenters. The lowest BCUT2D eigenvalue weighted by molar-refractivity contribution is -0.143. The van der Waals surface area contributed by atoms with Crippen LogP contribution in [-0.2, 0) is 16.1 Å². The van der Waals surface area contributed by atoms with Gasteiger partial charge in [-0.2, -0.15) is 0 Å². The largest absolute Gasteiger partial charge is 0.484 e. The Labute approximate surface area is 204 Å². The van der Waals surface area contributed by atoms with E-state index in [1.54, 1.807) is 17.0 Å². The number of aryl methyl sites for hydroxylation is 2. The van der Waals surface area contributed by atoms with Crippen LogP contribution >= 0.6 is 27.5 Å². The predicted octanol–water partition coefficient (Wildman–Crippen LogP) is 5.68. The lowest BCUT2D eigenvalue weighted by Gasteiger charge is -2.31. The number of ether oxygens (including phenoxy) is 1. The van der Waals surface area contributed by atoms with Crippen LogP contribution < -0.4 is 10.1 Å². The SMILES string of the molecule is CCC(C(=O)NCC(C)C)N(Cc1ccc(Cl)cc1)C(=O)COc1cc(C)c(Br)c(C)c1. The van der Waals surface area contributed by atoms with E-state index in [4.69, 9.17) is 16.3 Å². The van der Waals surface area contributed by atoms with Gasteiger partial charge in [-0.25, -0.2) is 0 Å². The zero-order chi connectivity index (χ0) is 23.8. The number of amides is 2. The molecule has 7 heteroatoms. The Kier molecular flexibility index (Phi) is 10.0. The lowest BCUT2D eigenvalue weighted by atomic mass is 10.1. The average Bonchev–Trinajstić information content (AvgIpc) is 2.75. The van der Waals surface area contributed by atoms with Crippen molar-refractivity contribution in [1.82, 2.24) is 10.2 Å². The van der Waals surface area contributed by atoms with Gasteiger partial charge in [0.05, 0.1) is 0 Å². The molecule has 0 saturated carbocycles. The number of hydrogen-bond donors (Lipinski definition) is 1. The number of rotatable bonds is 10. The Morgan fingerprint density at radius 2 is 1.72 bits per heavy atom. The quantitative estimate of drug-likeness (QED) is 0.436. The third kappa shape index (κ3) is 7.52. The summed E-state index contributed by atoms with van der Waals surface area (Å²) >= 11 is 9.55. The average molecular weight is 524 g/mol. The molecule has 174 valence electrons. The number of nitrogens with one attached hydrogen (secondary N) is 1. The Morgan fingerprint density at radius 1 is 1.12 bits per heavy atom. The van der Waals surface area contributed by atoms with Gasteiger partial charge in [0.15, 0.2) is 6.61 Å². The molecule has 0 saturated heterocycles. The number of halogens is 2. The third-order valence-electron chi connectivity index (χ3n) is 5.11. The third-order valence-corrected chi connectivity index (χ3v) is 6.61. The van der Waals surface area contributed by atoms with Crippen molar-refractivity contribution in [3.63, 3.8) is 0 Å². The number of carbonyl (C=O) groups is 2. The summed E-state index contributed by atoms with van der Waals surface area (Å²) in [7, 11) is 0. The van der Waals surface area contributed by atoms with Crippen LogP contribution in [0.4, 0.5) is 0 Å². The van der Waals surface area contributed by atoms with Crippen LogP contribution in [0.5, 0.6) is 5.75 Å². The molecule has 2 amide bonds. The molecular formula is C25H32BrClN2O3. The van der Waals surface area contributed by atoms with Crippen LogP contribution in [0.3, 0.4) is 0 Å². The van der Waals surface area contributed by atoms with Gasteiger partial charge in [-0.3, -0.25) is 9.59 Å². The minimum Gasteiger partial charge on any atom is -0.484 e. The Morgan fingerprint density at radius 3 is 2.25 bits per heavy atom. The molecule has 0 spiro atoms. The van der Waals surface area contributed by atoms with Gasteiger partial charge in [-0.15, -0.1) is 0 Å². The predicted molar refractivity (Wildman–Crippen MR) is 133 cm³/mol. The van der Waals surface area contributed by atoms with Gasteiger partial charge in [-0.05, 0) is 67.1 Å². The molecule has 0 heterocycles. The van der Waals surface area contributed by atoms with Gasteiger partial charge in [0, 0.05) is 22.6 Å². The second kappa shape index (κ2) is 12.3. The molecule has 0 fully saturated rings. The molecule has 0 aliphatic carbocycles. The fourth-order valence-corrected chi connectivity index (χ4v) is 3.70.